The van der Waals surface area contributed by atoms with Crippen LogP contribution in [0.25, 0.3) is 0 Å². The van der Waals surface area contributed by atoms with Gasteiger partial charge in [-0.25, -0.2) is 0 Å². The van der Waals surface area contributed by atoms with Crippen molar-refractivity contribution >= 4 is 5.91 Å². The molecule has 1 N–H and O–H groups in total. The minimum absolute atomic E-state index is 0.217. The Bertz CT molecular complexity index is 452. The smallest absolute Gasteiger partial charge is 0.241 e. The first-order valence-corrected chi connectivity index (χ1v) is 6.96. The number of hydrogen-bond donors (Lipinski definition) is 1. The van der Waals surface area contributed by atoms with E-state index in [1.54, 1.807) is 0 Å². The molecule has 19 heavy (non-hydrogen) atoms. The van der Waals surface area contributed by atoms with Gasteiger partial charge in [0, 0.05) is 19.6 Å². The van der Waals surface area contributed by atoms with Crippen LogP contribution in [0.3, 0.4) is 0 Å². The second kappa shape index (κ2) is 4.94. The highest BCUT2D eigenvalue weighted by atomic mass is 16.2. The fourth-order valence-corrected chi connectivity index (χ4v) is 3.21. The van der Waals surface area contributed by atoms with Crippen LogP contribution in [0.15, 0.2) is 30.3 Å². The highest BCUT2D eigenvalue weighted by Crippen LogP contribution is 2.31. The predicted octanol–water partition coefficient (Wildman–Crippen LogP) is 1.04. The second-order valence-electron chi connectivity index (χ2n) is 5.66. The van der Waals surface area contributed by atoms with E-state index in [2.05, 4.69) is 39.4 Å². The third-order valence-corrected chi connectivity index (χ3v) is 4.56. The van der Waals surface area contributed by atoms with Gasteiger partial charge in [0.2, 0.25) is 5.91 Å². The Morgan fingerprint density at radius 2 is 1.89 bits per heavy atom. The lowest BCUT2D eigenvalue weighted by Crippen LogP contribution is -2.54. The normalized spacial score (nSPS) is 23.7. The van der Waals surface area contributed by atoms with Gasteiger partial charge in [0.1, 0.15) is 5.54 Å². The number of carbonyl (C=O) groups is 1. The minimum Gasteiger partial charge on any atom is -0.342 e. The molecule has 3 rings (SSSR count). The molecule has 0 radical (unpaired) electrons. The van der Waals surface area contributed by atoms with Crippen molar-refractivity contribution in [1.29, 1.82) is 0 Å². The summed E-state index contributed by atoms with van der Waals surface area (Å²) in [6.07, 6.45) is 1.87. The first-order chi connectivity index (χ1) is 9.21. The quantitative estimate of drug-likeness (QED) is 0.862. The van der Waals surface area contributed by atoms with Crippen molar-refractivity contribution in [3.05, 3.63) is 35.9 Å². The number of amides is 1. The van der Waals surface area contributed by atoms with E-state index < -0.39 is 0 Å². The number of hydrogen-bond acceptors (Lipinski definition) is 3. The van der Waals surface area contributed by atoms with Crippen LogP contribution in [0.4, 0.5) is 0 Å². The summed E-state index contributed by atoms with van der Waals surface area (Å²) >= 11 is 0. The van der Waals surface area contributed by atoms with Crippen molar-refractivity contribution in [2.75, 3.05) is 26.8 Å². The SMILES string of the molecule is CN1CNC(=O)C12CCN(Cc1ccccc1)CC2. The average Bonchev–Trinajstić information content (AvgIpc) is 2.71. The lowest BCUT2D eigenvalue weighted by Gasteiger charge is -2.41. The van der Waals surface area contributed by atoms with E-state index in [0.29, 0.717) is 6.67 Å². The van der Waals surface area contributed by atoms with Crippen LogP contribution in [-0.4, -0.2) is 48.1 Å². The Kier molecular flexibility index (Phi) is 3.29. The molecule has 2 saturated heterocycles. The summed E-state index contributed by atoms with van der Waals surface area (Å²) < 4.78 is 0. The molecule has 0 bridgehead atoms. The summed E-state index contributed by atoms with van der Waals surface area (Å²) in [6, 6.07) is 10.5. The molecule has 1 spiro atoms. The van der Waals surface area contributed by atoms with Crippen LogP contribution in [0.2, 0.25) is 0 Å². The van der Waals surface area contributed by atoms with Crippen molar-refractivity contribution in [3.63, 3.8) is 0 Å². The molecule has 1 aromatic carbocycles. The predicted molar refractivity (Wildman–Crippen MR) is 74.5 cm³/mol. The van der Waals surface area contributed by atoms with Crippen molar-refractivity contribution in [3.8, 4) is 0 Å². The van der Waals surface area contributed by atoms with Crippen LogP contribution in [0.5, 0.6) is 0 Å². The van der Waals surface area contributed by atoms with E-state index in [9.17, 15) is 4.79 Å². The maximum Gasteiger partial charge on any atom is 0.241 e. The third kappa shape index (κ3) is 2.26. The maximum atomic E-state index is 12.1. The molecule has 2 aliphatic heterocycles. The van der Waals surface area contributed by atoms with Gasteiger partial charge in [-0.05, 0) is 25.5 Å². The molecule has 1 amide bonds. The maximum absolute atomic E-state index is 12.1. The summed E-state index contributed by atoms with van der Waals surface area (Å²) in [5.74, 6) is 0.217. The Labute approximate surface area is 114 Å². The van der Waals surface area contributed by atoms with E-state index in [4.69, 9.17) is 0 Å². The van der Waals surface area contributed by atoms with E-state index in [0.717, 1.165) is 32.5 Å². The molecule has 0 aromatic heterocycles. The zero-order valence-electron chi connectivity index (χ0n) is 11.4. The van der Waals surface area contributed by atoms with Crippen LogP contribution < -0.4 is 5.32 Å². The lowest BCUT2D eigenvalue weighted by molar-refractivity contribution is -0.128. The number of benzene rings is 1. The molecule has 2 fully saturated rings. The van der Waals surface area contributed by atoms with Crippen molar-refractivity contribution in [1.82, 2.24) is 15.1 Å². The molecule has 0 aliphatic carbocycles. The van der Waals surface area contributed by atoms with Gasteiger partial charge in [0.05, 0.1) is 6.67 Å². The number of piperidine rings is 1. The molecule has 1 aromatic rings. The number of rotatable bonds is 2. The summed E-state index contributed by atoms with van der Waals surface area (Å²) in [7, 11) is 2.05. The van der Waals surface area contributed by atoms with Gasteiger partial charge in [0.15, 0.2) is 0 Å². The van der Waals surface area contributed by atoms with Crippen LogP contribution in [0.1, 0.15) is 18.4 Å². The number of likely N-dealkylation sites (N-methyl/N-ethyl adjacent to an activating group) is 1. The summed E-state index contributed by atoms with van der Waals surface area (Å²) in [4.78, 5) is 16.7. The van der Waals surface area contributed by atoms with Crippen molar-refractivity contribution < 1.29 is 4.79 Å². The summed E-state index contributed by atoms with van der Waals surface area (Å²) in [6.45, 7) is 3.67. The number of likely N-dealkylation sites (tertiary alicyclic amines) is 1. The van der Waals surface area contributed by atoms with Gasteiger partial charge < -0.3 is 5.32 Å². The van der Waals surface area contributed by atoms with Crippen LogP contribution in [0, 0.1) is 0 Å². The highest BCUT2D eigenvalue weighted by Gasteiger charge is 2.48. The second-order valence-corrected chi connectivity index (χ2v) is 5.66. The molecule has 0 unspecified atom stereocenters. The van der Waals surface area contributed by atoms with E-state index in [-0.39, 0.29) is 11.4 Å². The molecular formula is C15H21N3O. The van der Waals surface area contributed by atoms with E-state index >= 15 is 0 Å². The Hall–Kier alpha value is -1.39. The number of nitrogens with zero attached hydrogens (tertiary/aromatic N) is 2. The number of carbonyl (C=O) groups excluding carboxylic acids is 1. The van der Waals surface area contributed by atoms with E-state index in [1.807, 2.05) is 13.1 Å². The Balaban J connectivity index is 1.62. The standard InChI is InChI=1S/C15H21N3O/c1-17-12-16-14(19)15(17)7-9-18(10-8-15)11-13-5-3-2-4-6-13/h2-6H,7-12H2,1H3,(H,16,19). The monoisotopic (exact) mass is 259 g/mol. The minimum atomic E-state index is -0.243. The van der Waals surface area contributed by atoms with Gasteiger partial charge in [0.25, 0.3) is 0 Å². The topological polar surface area (TPSA) is 35.6 Å². The fourth-order valence-electron chi connectivity index (χ4n) is 3.21. The van der Waals surface area contributed by atoms with E-state index in [1.165, 1.54) is 5.56 Å². The largest absolute Gasteiger partial charge is 0.342 e. The molecule has 4 heteroatoms. The Morgan fingerprint density at radius 1 is 1.21 bits per heavy atom. The first kappa shape index (κ1) is 12.6. The van der Waals surface area contributed by atoms with Crippen LogP contribution >= 0.6 is 0 Å². The zero-order valence-corrected chi connectivity index (χ0v) is 11.4. The van der Waals surface area contributed by atoms with Crippen LogP contribution in [-0.2, 0) is 11.3 Å². The highest BCUT2D eigenvalue weighted by molar-refractivity contribution is 5.88. The summed E-state index contributed by atoms with van der Waals surface area (Å²) in [5, 5.41) is 2.96. The molecule has 0 atom stereocenters. The molecule has 2 aliphatic rings. The lowest BCUT2D eigenvalue weighted by atomic mass is 9.86. The Morgan fingerprint density at radius 3 is 2.47 bits per heavy atom. The first-order valence-electron chi connectivity index (χ1n) is 6.96. The fraction of sp³-hybridized carbons (Fsp3) is 0.533. The molecule has 0 saturated carbocycles. The molecule has 4 nitrogen and oxygen atoms in total. The summed E-state index contributed by atoms with van der Waals surface area (Å²) in [5.41, 5.74) is 1.11. The molecular weight excluding hydrogens is 238 g/mol. The third-order valence-electron chi connectivity index (χ3n) is 4.56. The van der Waals surface area contributed by atoms with Crippen molar-refractivity contribution in [2.45, 2.75) is 24.9 Å². The van der Waals surface area contributed by atoms with Gasteiger partial charge in [-0.3, -0.25) is 14.6 Å². The van der Waals surface area contributed by atoms with Gasteiger partial charge in [-0.15, -0.1) is 0 Å². The van der Waals surface area contributed by atoms with Gasteiger partial charge >= 0.3 is 0 Å². The molecule has 102 valence electrons. The molecule has 2 heterocycles. The number of nitrogens with one attached hydrogen (secondary N) is 1. The van der Waals surface area contributed by atoms with Gasteiger partial charge in [-0.2, -0.15) is 0 Å². The van der Waals surface area contributed by atoms with Gasteiger partial charge in [-0.1, -0.05) is 30.3 Å². The van der Waals surface area contributed by atoms with Crippen molar-refractivity contribution in [2.24, 2.45) is 0 Å². The average molecular weight is 259 g/mol. The zero-order chi connectivity index (χ0) is 13.3.